The average molecular weight is 777 g/mol. The molecule has 19 heteroatoms. The number of aliphatic hydroxyl groups excluding tert-OH is 1. The number of rotatable bonds is 21. The standard InChI is InChI=1S/C36H56N8O11/c1-17(2)15-25(32(51)39-19(5)30(38)49)41-31(50)24(11-12-27(47)48)40-34(53)28(18(3)4)42-35(54)29(20(6)45)43-33(52)26(44-14-13-23(37)36(44)55)16-21-7-9-22(46)10-8-21/h7-10,17-20,23-26,28-29,45-46H,11-16,37H2,1-6H3,(H2,38,49)(H,39,51)(H,40,53)(H,41,50)(H,42,54)(H,43,52)(H,47,48)/t19-,20-,23-,24-,25-,26-,28-,29-/m1/s1. The molecule has 0 bridgehead atoms. The molecule has 2 rings (SSSR count). The fraction of sp³-hybridized carbons (Fsp3) is 0.611. The molecule has 55 heavy (non-hydrogen) atoms. The largest absolute Gasteiger partial charge is 0.508 e. The lowest BCUT2D eigenvalue weighted by molar-refractivity contribution is -0.141. The number of nitrogens with one attached hydrogen (secondary N) is 5. The monoisotopic (exact) mass is 776 g/mol. The summed E-state index contributed by atoms with van der Waals surface area (Å²) >= 11 is 0. The molecule has 1 aliphatic rings. The van der Waals surface area contributed by atoms with Crippen LogP contribution in [0.3, 0.4) is 0 Å². The van der Waals surface area contributed by atoms with Gasteiger partial charge in [-0.25, -0.2) is 0 Å². The van der Waals surface area contributed by atoms with Gasteiger partial charge in [0.15, 0.2) is 0 Å². The normalized spacial score (nSPS) is 18.0. The third kappa shape index (κ3) is 14.1. The molecule has 0 unspecified atom stereocenters. The van der Waals surface area contributed by atoms with Gasteiger partial charge in [0, 0.05) is 19.4 Å². The van der Waals surface area contributed by atoms with Crippen LogP contribution in [-0.4, -0.2) is 122 Å². The number of aromatic hydroxyl groups is 1. The number of nitrogens with two attached hydrogens (primary N) is 2. The molecule has 12 N–H and O–H groups in total. The van der Waals surface area contributed by atoms with Crippen LogP contribution in [0.2, 0.25) is 0 Å². The third-order valence-electron chi connectivity index (χ3n) is 9.04. The van der Waals surface area contributed by atoms with Crippen molar-refractivity contribution >= 4 is 47.3 Å². The number of phenolic OH excluding ortho intramolecular Hbond substituents is 1. The molecular formula is C36H56N8O11. The SMILES string of the molecule is CC(C)C[C@@H](NC(=O)[C@@H](CCC(=O)O)NC(=O)[C@H](NC(=O)[C@H](NC(=O)[C@@H](Cc1ccc(O)cc1)N1CC[C@@H](N)C1=O)[C@@H](C)O)C(C)C)C(=O)N[C@H](C)C(N)=O. The Balaban J connectivity index is 2.30. The van der Waals surface area contributed by atoms with Crippen molar-refractivity contribution in [2.75, 3.05) is 6.54 Å². The molecule has 0 spiro atoms. The van der Waals surface area contributed by atoms with Gasteiger partial charge in [0.1, 0.15) is 42.0 Å². The van der Waals surface area contributed by atoms with E-state index >= 15 is 0 Å². The highest BCUT2D eigenvalue weighted by Crippen LogP contribution is 2.19. The number of carboxylic acid groups (broad SMARTS) is 1. The van der Waals surface area contributed by atoms with Gasteiger partial charge in [-0.2, -0.15) is 0 Å². The van der Waals surface area contributed by atoms with E-state index in [1.54, 1.807) is 39.8 Å². The zero-order valence-electron chi connectivity index (χ0n) is 32.0. The first-order chi connectivity index (χ1) is 25.6. The van der Waals surface area contributed by atoms with Crippen LogP contribution < -0.4 is 38.1 Å². The van der Waals surface area contributed by atoms with Crippen molar-refractivity contribution in [1.29, 1.82) is 0 Å². The van der Waals surface area contributed by atoms with Crippen LogP contribution in [0.1, 0.15) is 72.8 Å². The molecular weight excluding hydrogens is 720 g/mol. The number of primary amides is 1. The summed E-state index contributed by atoms with van der Waals surface area (Å²) in [7, 11) is 0. The summed E-state index contributed by atoms with van der Waals surface area (Å²) in [6.45, 7) is 9.47. The Morgan fingerprint density at radius 2 is 1.35 bits per heavy atom. The molecule has 1 heterocycles. The van der Waals surface area contributed by atoms with Crippen LogP contribution in [0, 0.1) is 11.8 Å². The molecule has 0 aromatic heterocycles. The van der Waals surface area contributed by atoms with E-state index in [0.717, 1.165) is 0 Å². The van der Waals surface area contributed by atoms with Crippen LogP contribution in [0.4, 0.5) is 0 Å². The van der Waals surface area contributed by atoms with Crippen molar-refractivity contribution in [3.8, 4) is 5.75 Å². The fourth-order valence-corrected chi connectivity index (χ4v) is 5.83. The van der Waals surface area contributed by atoms with E-state index in [2.05, 4.69) is 26.6 Å². The van der Waals surface area contributed by atoms with Crippen molar-refractivity contribution in [2.24, 2.45) is 23.3 Å². The van der Waals surface area contributed by atoms with E-state index in [9.17, 15) is 53.7 Å². The lowest BCUT2D eigenvalue weighted by atomic mass is 9.99. The number of hydrogen-bond acceptors (Lipinski definition) is 11. The predicted octanol–water partition coefficient (Wildman–Crippen LogP) is -2.26. The number of aliphatic hydroxyl groups is 1. The van der Waals surface area contributed by atoms with Crippen LogP contribution in [0.25, 0.3) is 0 Å². The zero-order valence-corrected chi connectivity index (χ0v) is 32.0. The van der Waals surface area contributed by atoms with Crippen molar-refractivity contribution in [3.05, 3.63) is 29.8 Å². The van der Waals surface area contributed by atoms with Gasteiger partial charge in [-0.3, -0.25) is 38.4 Å². The summed E-state index contributed by atoms with van der Waals surface area (Å²) in [6, 6.07) is -2.76. The number of phenols is 1. The molecule has 1 aromatic rings. The van der Waals surface area contributed by atoms with E-state index in [-0.39, 0.29) is 37.5 Å². The highest BCUT2D eigenvalue weighted by molar-refractivity contribution is 5.97. The predicted molar refractivity (Wildman–Crippen MR) is 197 cm³/mol. The molecule has 7 amide bonds. The minimum Gasteiger partial charge on any atom is -0.508 e. The maximum absolute atomic E-state index is 13.8. The van der Waals surface area contributed by atoms with Gasteiger partial charge < -0.3 is 58.3 Å². The molecule has 0 aliphatic carbocycles. The summed E-state index contributed by atoms with van der Waals surface area (Å²) in [6.07, 6.45) is -2.06. The van der Waals surface area contributed by atoms with E-state index in [1.165, 1.54) is 30.9 Å². The number of carbonyl (C=O) groups is 8. The number of aliphatic carboxylic acids is 1. The van der Waals surface area contributed by atoms with Crippen LogP contribution >= 0.6 is 0 Å². The topological polar surface area (TPSA) is 313 Å². The lowest BCUT2D eigenvalue weighted by Gasteiger charge is -2.31. The first kappa shape index (κ1) is 45.9. The van der Waals surface area contributed by atoms with Gasteiger partial charge >= 0.3 is 5.97 Å². The molecule has 8 atom stereocenters. The van der Waals surface area contributed by atoms with E-state index in [1.807, 2.05) is 0 Å². The number of amides is 7. The summed E-state index contributed by atoms with van der Waals surface area (Å²) in [4.78, 5) is 105. The summed E-state index contributed by atoms with van der Waals surface area (Å²) in [5.41, 5.74) is 11.7. The summed E-state index contributed by atoms with van der Waals surface area (Å²) in [5, 5.41) is 42.0. The molecule has 1 aliphatic heterocycles. The number of likely N-dealkylation sites (tertiary alicyclic amines) is 1. The van der Waals surface area contributed by atoms with Gasteiger partial charge in [-0.05, 0) is 62.6 Å². The van der Waals surface area contributed by atoms with Crippen LogP contribution in [0.15, 0.2) is 24.3 Å². The first-order valence-electron chi connectivity index (χ1n) is 18.2. The van der Waals surface area contributed by atoms with Crippen LogP contribution in [-0.2, 0) is 44.8 Å². The second-order valence-electron chi connectivity index (χ2n) is 14.6. The van der Waals surface area contributed by atoms with Gasteiger partial charge in [-0.15, -0.1) is 0 Å². The van der Waals surface area contributed by atoms with Gasteiger partial charge in [-0.1, -0.05) is 39.8 Å². The Bertz CT molecular complexity index is 1550. The van der Waals surface area contributed by atoms with Crippen molar-refractivity contribution < 1.29 is 53.7 Å². The first-order valence-corrected chi connectivity index (χ1v) is 18.2. The Labute approximate surface area is 319 Å². The van der Waals surface area contributed by atoms with Gasteiger partial charge in [0.2, 0.25) is 41.4 Å². The zero-order chi connectivity index (χ0) is 41.7. The quantitative estimate of drug-likeness (QED) is 0.0633. The van der Waals surface area contributed by atoms with Crippen molar-refractivity contribution in [1.82, 2.24) is 31.5 Å². The Morgan fingerprint density at radius 3 is 1.84 bits per heavy atom. The highest BCUT2D eigenvalue weighted by atomic mass is 16.4. The van der Waals surface area contributed by atoms with Crippen molar-refractivity contribution in [3.63, 3.8) is 0 Å². The summed E-state index contributed by atoms with van der Waals surface area (Å²) in [5.74, 6) is -7.64. The molecule has 19 nitrogen and oxygen atoms in total. The summed E-state index contributed by atoms with van der Waals surface area (Å²) < 4.78 is 0. The fourth-order valence-electron chi connectivity index (χ4n) is 5.83. The second-order valence-corrected chi connectivity index (χ2v) is 14.6. The minimum absolute atomic E-state index is 0.0121. The molecule has 1 aromatic carbocycles. The molecule has 0 saturated carbocycles. The minimum atomic E-state index is -1.63. The number of nitrogens with zero attached hydrogens (tertiary/aromatic N) is 1. The number of carbonyl (C=O) groups excluding carboxylic acids is 7. The van der Waals surface area contributed by atoms with Gasteiger partial charge in [0.05, 0.1) is 12.1 Å². The number of benzene rings is 1. The maximum Gasteiger partial charge on any atom is 0.303 e. The van der Waals surface area contributed by atoms with E-state index in [0.29, 0.717) is 5.56 Å². The maximum atomic E-state index is 13.8. The number of hydrogen-bond donors (Lipinski definition) is 10. The highest BCUT2D eigenvalue weighted by Gasteiger charge is 2.40. The lowest BCUT2D eigenvalue weighted by Crippen LogP contribution is -2.62. The van der Waals surface area contributed by atoms with E-state index < -0.39 is 114 Å². The molecule has 306 valence electrons. The van der Waals surface area contributed by atoms with E-state index in [4.69, 9.17) is 11.5 Å². The Morgan fingerprint density at radius 1 is 0.800 bits per heavy atom. The van der Waals surface area contributed by atoms with Crippen molar-refractivity contribution in [2.45, 2.75) is 122 Å². The Hall–Kier alpha value is -5.30. The molecule has 1 fully saturated rings. The average Bonchev–Trinajstić information content (AvgIpc) is 3.42. The number of carboxylic acids is 1. The third-order valence-corrected chi connectivity index (χ3v) is 9.04. The Kier molecular flexibility index (Phi) is 17.5. The molecule has 1 saturated heterocycles. The smallest absolute Gasteiger partial charge is 0.303 e. The second kappa shape index (κ2) is 21.0. The van der Waals surface area contributed by atoms with Gasteiger partial charge in [0.25, 0.3) is 0 Å². The molecule has 0 radical (unpaired) electrons. The van der Waals surface area contributed by atoms with Crippen LogP contribution in [0.5, 0.6) is 5.75 Å².